The highest BCUT2D eigenvalue weighted by molar-refractivity contribution is 6.48. The molecule has 0 saturated heterocycles. The molecule has 1 rings (SSSR count). The number of hydrogen-bond acceptors (Lipinski definition) is 2. The van der Waals surface area contributed by atoms with Crippen LogP contribution in [0.2, 0.25) is 18.2 Å². The van der Waals surface area contributed by atoms with Crippen molar-refractivity contribution in [2.75, 3.05) is 0 Å². The van der Waals surface area contributed by atoms with Gasteiger partial charge in [0.25, 0.3) is 0 Å². The van der Waals surface area contributed by atoms with Crippen molar-refractivity contribution in [1.82, 2.24) is 4.98 Å². The first kappa shape index (κ1) is 14.7. The van der Waals surface area contributed by atoms with E-state index in [1.54, 1.807) is 0 Å². The Morgan fingerprint density at radius 3 is 2.41 bits per heavy atom. The molecule has 0 spiro atoms. The Morgan fingerprint density at radius 1 is 1.35 bits per heavy atom. The van der Waals surface area contributed by atoms with Crippen LogP contribution in [-0.2, 0) is 4.43 Å². The first-order valence-electron chi connectivity index (χ1n) is 5.80. The molecule has 0 aliphatic rings. The molecule has 0 aromatic carbocycles. The second kappa shape index (κ2) is 5.51. The van der Waals surface area contributed by atoms with Gasteiger partial charge in [0.15, 0.2) is 0 Å². The molecule has 0 bridgehead atoms. The van der Waals surface area contributed by atoms with E-state index >= 15 is 0 Å². The summed E-state index contributed by atoms with van der Waals surface area (Å²) >= 11 is 5.99. The van der Waals surface area contributed by atoms with E-state index < -0.39 is 9.04 Å². The van der Waals surface area contributed by atoms with Gasteiger partial charge in [-0.25, -0.2) is 4.98 Å². The van der Waals surface area contributed by atoms with E-state index in [0.717, 1.165) is 11.1 Å². The Bertz CT molecular complexity index is 387. The summed E-state index contributed by atoms with van der Waals surface area (Å²) in [5.74, 6) is 0. The molecule has 1 aromatic heterocycles. The molecule has 0 saturated carbocycles. The van der Waals surface area contributed by atoms with Gasteiger partial charge in [-0.15, -0.1) is 0 Å². The van der Waals surface area contributed by atoms with Crippen LogP contribution in [0.4, 0.5) is 0 Å². The molecule has 0 amide bonds. The molecule has 1 heterocycles. The normalized spacial score (nSPS) is 14.1. The molecule has 0 aliphatic heterocycles. The number of aryl methyl sites for hydroxylation is 1. The topological polar surface area (TPSA) is 22.1 Å². The summed E-state index contributed by atoms with van der Waals surface area (Å²) in [6, 6.07) is 1.93. The first-order valence-corrected chi connectivity index (χ1v) is 8.59. The molecule has 0 N–H and O–H groups in total. The minimum Gasteiger partial charge on any atom is -0.410 e. The van der Waals surface area contributed by atoms with E-state index in [9.17, 15) is 0 Å². The van der Waals surface area contributed by atoms with Crippen molar-refractivity contribution < 1.29 is 4.43 Å². The molecule has 1 atom stereocenters. The summed E-state index contributed by atoms with van der Waals surface area (Å²) in [7, 11) is -0.756. The molecule has 0 aliphatic carbocycles. The van der Waals surface area contributed by atoms with E-state index in [0.29, 0.717) is 5.15 Å². The molecular weight excluding hydrogens is 250 g/mol. The van der Waals surface area contributed by atoms with Crippen LogP contribution in [-0.4, -0.2) is 14.0 Å². The Kier molecular flexibility index (Phi) is 4.75. The fraction of sp³-hybridized carbons (Fsp3) is 0.615. The molecule has 95 valence electrons. The van der Waals surface area contributed by atoms with Crippen LogP contribution >= 0.6 is 11.6 Å². The van der Waals surface area contributed by atoms with Gasteiger partial charge in [-0.1, -0.05) is 32.4 Å². The Morgan fingerprint density at radius 2 is 1.94 bits per heavy atom. The Balaban J connectivity index is 3.17. The van der Waals surface area contributed by atoms with Crippen molar-refractivity contribution >= 4 is 20.6 Å². The standard InChI is InChI=1S/C13H21ClNOSi/c1-9-8-15-11(14)7-10(9)12(13(2,3)4)16-17(5)6/h7-8,12H,1-6H3. The van der Waals surface area contributed by atoms with Gasteiger partial charge in [0.05, 0.1) is 6.10 Å². The summed E-state index contributed by atoms with van der Waals surface area (Å²) in [6.07, 6.45) is 1.89. The van der Waals surface area contributed by atoms with Crippen molar-refractivity contribution in [3.05, 3.63) is 28.5 Å². The maximum absolute atomic E-state index is 6.15. The third-order valence-corrected chi connectivity index (χ3v) is 3.45. The van der Waals surface area contributed by atoms with Gasteiger partial charge in [-0.05, 0) is 42.6 Å². The zero-order valence-corrected chi connectivity index (χ0v) is 13.2. The second-order valence-electron chi connectivity index (χ2n) is 5.64. The number of hydrogen-bond donors (Lipinski definition) is 0. The second-order valence-corrected chi connectivity index (χ2v) is 8.08. The van der Waals surface area contributed by atoms with Crippen molar-refractivity contribution in [2.45, 2.75) is 46.9 Å². The average molecular weight is 271 g/mol. The van der Waals surface area contributed by atoms with E-state index in [4.69, 9.17) is 16.0 Å². The van der Waals surface area contributed by atoms with Gasteiger partial charge in [-0.2, -0.15) is 0 Å². The first-order chi connectivity index (χ1) is 7.71. The minimum atomic E-state index is -0.756. The Labute approximate surface area is 111 Å². The predicted molar refractivity (Wildman–Crippen MR) is 74.7 cm³/mol. The van der Waals surface area contributed by atoms with Gasteiger partial charge in [0.2, 0.25) is 9.04 Å². The minimum absolute atomic E-state index is 0.0530. The lowest BCUT2D eigenvalue weighted by Gasteiger charge is -2.33. The molecule has 4 heteroatoms. The summed E-state index contributed by atoms with van der Waals surface area (Å²) in [6.45, 7) is 12.9. The lowest BCUT2D eigenvalue weighted by Crippen LogP contribution is -2.26. The van der Waals surface area contributed by atoms with Crippen LogP contribution in [0.15, 0.2) is 12.3 Å². The molecule has 1 radical (unpaired) electrons. The van der Waals surface area contributed by atoms with Gasteiger partial charge >= 0.3 is 0 Å². The smallest absolute Gasteiger partial charge is 0.205 e. The molecule has 17 heavy (non-hydrogen) atoms. The summed E-state index contributed by atoms with van der Waals surface area (Å²) in [5, 5.41) is 0.532. The van der Waals surface area contributed by atoms with Gasteiger partial charge in [0.1, 0.15) is 5.15 Å². The van der Waals surface area contributed by atoms with Crippen molar-refractivity contribution in [1.29, 1.82) is 0 Å². The number of pyridine rings is 1. The summed E-state index contributed by atoms with van der Waals surface area (Å²) in [5.41, 5.74) is 2.35. The van der Waals surface area contributed by atoms with E-state index in [1.807, 2.05) is 12.3 Å². The molecule has 1 unspecified atom stereocenters. The number of rotatable bonds is 3. The van der Waals surface area contributed by atoms with E-state index in [-0.39, 0.29) is 11.5 Å². The van der Waals surface area contributed by atoms with Gasteiger partial charge < -0.3 is 4.43 Å². The number of halogens is 1. The van der Waals surface area contributed by atoms with E-state index in [2.05, 4.69) is 45.8 Å². The third kappa shape index (κ3) is 4.09. The average Bonchev–Trinajstić information content (AvgIpc) is 2.16. The van der Waals surface area contributed by atoms with Crippen LogP contribution in [0.25, 0.3) is 0 Å². The van der Waals surface area contributed by atoms with Crippen LogP contribution in [0.3, 0.4) is 0 Å². The highest BCUT2D eigenvalue weighted by atomic mass is 35.5. The van der Waals surface area contributed by atoms with Crippen molar-refractivity contribution in [3.8, 4) is 0 Å². The van der Waals surface area contributed by atoms with Crippen LogP contribution in [0.5, 0.6) is 0 Å². The number of aromatic nitrogens is 1. The lowest BCUT2D eigenvalue weighted by molar-refractivity contribution is 0.0859. The lowest BCUT2D eigenvalue weighted by atomic mass is 9.84. The summed E-state index contributed by atoms with van der Waals surface area (Å²) in [4.78, 5) is 4.10. The highest BCUT2D eigenvalue weighted by Gasteiger charge is 2.29. The zero-order valence-electron chi connectivity index (χ0n) is 11.5. The quantitative estimate of drug-likeness (QED) is 0.600. The molecular formula is C13H21ClNOSi. The maximum atomic E-state index is 6.15. The SMILES string of the molecule is Cc1cnc(Cl)cc1C(O[Si](C)C)C(C)(C)C. The van der Waals surface area contributed by atoms with Gasteiger partial charge in [-0.3, -0.25) is 0 Å². The van der Waals surface area contributed by atoms with Crippen molar-refractivity contribution in [3.63, 3.8) is 0 Å². The largest absolute Gasteiger partial charge is 0.410 e. The fourth-order valence-corrected chi connectivity index (χ4v) is 2.86. The molecule has 2 nitrogen and oxygen atoms in total. The maximum Gasteiger partial charge on any atom is 0.205 e. The predicted octanol–water partition coefficient (Wildman–Crippen LogP) is 4.40. The zero-order chi connectivity index (χ0) is 13.2. The highest BCUT2D eigenvalue weighted by Crippen LogP contribution is 2.38. The van der Waals surface area contributed by atoms with Crippen LogP contribution in [0.1, 0.15) is 38.0 Å². The van der Waals surface area contributed by atoms with Crippen LogP contribution in [0, 0.1) is 12.3 Å². The van der Waals surface area contributed by atoms with E-state index in [1.165, 1.54) is 0 Å². The molecule has 1 aromatic rings. The number of nitrogens with zero attached hydrogens (tertiary/aromatic N) is 1. The fourth-order valence-electron chi connectivity index (χ4n) is 1.74. The summed E-state index contributed by atoms with van der Waals surface area (Å²) < 4.78 is 6.15. The van der Waals surface area contributed by atoms with Crippen LogP contribution < -0.4 is 0 Å². The van der Waals surface area contributed by atoms with Crippen molar-refractivity contribution in [2.24, 2.45) is 5.41 Å². The third-order valence-electron chi connectivity index (χ3n) is 2.53. The monoisotopic (exact) mass is 270 g/mol. The van der Waals surface area contributed by atoms with Gasteiger partial charge in [0, 0.05) is 6.20 Å². The molecule has 0 fully saturated rings. The Hall–Kier alpha value is -0.383.